The number of hydrogen-bond acceptors (Lipinski definition) is 6. The summed E-state index contributed by atoms with van der Waals surface area (Å²) in [5.41, 5.74) is 6.15. The molecule has 0 aliphatic carbocycles. The Morgan fingerprint density at radius 2 is 1.72 bits per heavy atom. The van der Waals surface area contributed by atoms with E-state index in [2.05, 4.69) is 4.72 Å². The standard InChI is InChI=1S/C22H39N3O5S2/c1-8-30-21(26)20(11-9-10-17(4)24-31(27)22(5,6)7)25(16(2)3)32(28,29)19-14-12-18(23)13-15-19/h12-17,20,24H,8-11,23H2,1-7H3. The summed E-state index contributed by atoms with van der Waals surface area (Å²) in [6.07, 6.45) is 1.48. The minimum atomic E-state index is -3.96. The van der Waals surface area contributed by atoms with Gasteiger partial charge in [-0.05, 0) is 92.0 Å². The van der Waals surface area contributed by atoms with Crippen molar-refractivity contribution in [3.05, 3.63) is 24.3 Å². The van der Waals surface area contributed by atoms with E-state index in [9.17, 15) is 17.4 Å². The monoisotopic (exact) mass is 489 g/mol. The Hall–Kier alpha value is -1.49. The normalized spacial score (nSPS) is 15.5. The van der Waals surface area contributed by atoms with Crippen LogP contribution in [0.4, 0.5) is 5.69 Å². The number of nitrogens with one attached hydrogen (secondary N) is 1. The lowest BCUT2D eigenvalue weighted by molar-refractivity contribution is -0.148. The van der Waals surface area contributed by atoms with Crippen molar-refractivity contribution in [2.45, 2.75) is 95.5 Å². The first kappa shape index (κ1) is 28.5. The molecule has 10 heteroatoms. The number of nitrogens with two attached hydrogens (primary N) is 1. The van der Waals surface area contributed by atoms with E-state index in [0.717, 1.165) is 0 Å². The average molecular weight is 490 g/mol. The molecule has 0 amide bonds. The van der Waals surface area contributed by atoms with Crippen LogP contribution in [0.5, 0.6) is 0 Å². The van der Waals surface area contributed by atoms with Crippen LogP contribution in [-0.4, -0.2) is 52.4 Å². The Kier molecular flexibility index (Phi) is 10.8. The number of carbonyl (C=O) groups excluding carboxylic acids is 1. The van der Waals surface area contributed by atoms with E-state index in [1.165, 1.54) is 28.6 Å². The highest BCUT2D eigenvalue weighted by atomic mass is 32.2. The van der Waals surface area contributed by atoms with Crippen LogP contribution in [-0.2, 0) is 30.5 Å². The molecule has 0 spiro atoms. The molecule has 3 atom stereocenters. The molecule has 8 nitrogen and oxygen atoms in total. The summed E-state index contributed by atoms with van der Waals surface area (Å²) in [6.45, 7) is 12.9. The molecule has 3 unspecified atom stereocenters. The molecule has 0 heterocycles. The number of anilines is 1. The second-order valence-electron chi connectivity index (χ2n) is 9.10. The lowest BCUT2D eigenvalue weighted by Crippen LogP contribution is -2.49. The van der Waals surface area contributed by atoms with Gasteiger partial charge in [0.1, 0.15) is 6.04 Å². The second kappa shape index (κ2) is 12.1. The zero-order valence-electron chi connectivity index (χ0n) is 20.3. The summed E-state index contributed by atoms with van der Waals surface area (Å²) in [4.78, 5) is 12.9. The van der Waals surface area contributed by atoms with Gasteiger partial charge in [0.15, 0.2) is 0 Å². The minimum absolute atomic E-state index is 0.0564. The Labute approximate surface area is 195 Å². The molecule has 32 heavy (non-hydrogen) atoms. The van der Waals surface area contributed by atoms with Gasteiger partial charge in [0.25, 0.3) is 0 Å². The predicted octanol–water partition coefficient (Wildman–Crippen LogP) is 3.21. The van der Waals surface area contributed by atoms with Gasteiger partial charge in [-0.25, -0.2) is 17.3 Å². The summed E-state index contributed by atoms with van der Waals surface area (Å²) in [5, 5.41) is 0. The molecule has 0 fully saturated rings. The highest BCUT2D eigenvalue weighted by Crippen LogP contribution is 2.25. The number of nitrogen functional groups attached to an aromatic ring is 1. The summed E-state index contributed by atoms with van der Waals surface area (Å²) in [5.74, 6) is -0.570. The van der Waals surface area contributed by atoms with E-state index in [4.69, 9.17) is 10.5 Å². The molecule has 0 bridgehead atoms. The SMILES string of the molecule is CCOC(=O)C(CCCC(C)NS(=O)C(C)(C)C)N(C(C)C)S(=O)(=O)c1ccc(N)cc1. The highest BCUT2D eigenvalue weighted by Gasteiger charge is 2.38. The fraction of sp³-hybridized carbons (Fsp3) is 0.682. The summed E-state index contributed by atoms with van der Waals surface area (Å²) in [6, 6.07) is 4.44. The summed E-state index contributed by atoms with van der Waals surface area (Å²) >= 11 is 0. The number of carbonyl (C=O) groups is 1. The zero-order chi connectivity index (χ0) is 24.7. The average Bonchev–Trinajstić information content (AvgIpc) is 2.66. The molecule has 0 aromatic heterocycles. The van der Waals surface area contributed by atoms with Crippen molar-refractivity contribution in [1.82, 2.24) is 9.03 Å². The maximum Gasteiger partial charge on any atom is 0.324 e. The topological polar surface area (TPSA) is 119 Å². The predicted molar refractivity (Wildman–Crippen MR) is 130 cm³/mol. The number of ether oxygens (including phenoxy) is 1. The van der Waals surface area contributed by atoms with E-state index in [1.54, 1.807) is 20.8 Å². The molecular weight excluding hydrogens is 450 g/mol. The molecule has 0 aliphatic rings. The van der Waals surface area contributed by atoms with Gasteiger partial charge in [-0.1, -0.05) is 0 Å². The Morgan fingerprint density at radius 3 is 2.19 bits per heavy atom. The lowest BCUT2D eigenvalue weighted by Gasteiger charge is -2.32. The van der Waals surface area contributed by atoms with Crippen molar-refractivity contribution in [3.63, 3.8) is 0 Å². The molecule has 3 N–H and O–H groups in total. The van der Waals surface area contributed by atoms with Gasteiger partial charge >= 0.3 is 5.97 Å². The lowest BCUT2D eigenvalue weighted by atomic mass is 10.1. The van der Waals surface area contributed by atoms with Crippen molar-refractivity contribution in [1.29, 1.82) is 0 Å². The first-order chi connectivity index (χ1) is 14.7. The van der Waals surface area contributed by atoms with E-state index in [-0.39, 0.29) is 22.3 Å². The van der Waals surface area contributed by atoms with Gasteiger partial charge in [0.2, 0.25) is 10.0 Å². The van der Waals surface area contributed by atoms with Crippen LogP contribution in [0.1, 0.15) is 67.7 Å². The van der Waals surface area contributed by atoms with Gasteiger partial charge in [0.05, 0.1) is 27.2 Å². The fourth-order valence-electron chi connectivity index (χ4n) is 3.19. The molecule has 184 valence electrons. The fourth-order valence-corrected chi connectivity index (χ4v) is 5.83. The number of benzene rings is 1. The Bertz CT molecular complexity index is 865. The molecule has 0 aliphatic heterocycles. The second-order valence-corrected chi connectivity index (χ2v) is 12.9. The zero-order valence-corrected chi connectivity index (χ0v) is 21.9. The van der Waals surface area contributed by atoms with Gasteiger partial charge in [-0.3, -0.25) is 4.79 Å². The third-order valence-electron chi connectivity index (χ3n) is 4.81. The number of sulfonamides is 1. The van der Waals surface area contributed by atoms with Gasteiger partial charge < -0.3 is 10.5 Å². The van der Waals surface area contributed by atoms with Gasteiger partial charge in [-0.15, -0.1) is 0 Å². The quantitative estimate of drug-likeness (QED) is 0.344. The van der Waals surface area contributed by atoms with Gasteiger partial charge in [0, 0.05) is 17.8 Å². The molecule has 0 saturated heterocycles. The molecule has 0 saturated carbocycles. The van der Waals surface area contributed by atoms with Crippen LogP contribution in [0.15, 0.2) is 29.2 Å². The maximum atomic E-state index is 13.4. The van der Waals surface area contributed by atoms with Crippen molar-refractivity contribution in [2.24, 2.45) is 0 Å². The Morgan fingerprint density at radius 1 is 1.16 bits per heavy atom. The number of nitrogens with zero attached hydrogens (tertiary/aromatic N) is 1. The van der Waals surface area contributed by atoms with E-state index in [0.29, 0.717) is 24.9 Å². The van der Waals surface area contributed by atoms with Crippen molar-refractivity contribution < 1.29 is 22.2 Å². The molecule has 1 rings (SSSR count). The first-order valence-corrected chi connectivity index (χ1v) is 13.5. The highest BCUT2D eigenvalue weighted by molar-refractivity contribution is 7.89. The van der Waals surface area contributed by atoms with E-state index in [1.807, 2.05) is 27.7 Å². The van der Waals surface area contributed by atoms with Crippen LogP contribution >= 0.6 is 0 Å². The third-order valence-corrected chi connectivity index (χ3v) is 8.64. The van der Waals surface area contributed by atoms with Crippen LogP contribution in [0.2, 0.25) is 0 Å². The molecule has 1 aromatic rings. The number of rotatable bonds is 12. The van der Waals surface area contributed by atoms with Crippen molar-refractivity contribution >= 4 is 32.7 Å². The maximum absolute atomic E-state index is 13.4. The molecule has 0 radical (unpaired) electrons. The van der Waals surface area contributed by atoms with Crippen LogP contribution in [0, 0.1) is 0 Å². The van der Waals surface area contributed by atoms with Crippen LogP contribution in [0.25, 0.3) is 0 Å². The van der Waals surface area contributed by atoms with Crippen molar-refractivity contribution in [2.75, 3.05) is 12.3 Å². The Balaban J connectivity index is 3.07. The molecule has 1 aromatic carbocycles. The van der Waals surface area contributed by atoms with Crippen molar-refractivity contribution in [3.8, 4) is 0 Å². The van der Waals surface area contributed by atoms with Gasteiger partial charge in [-0.2, -0.15) is 4.31 Å². The summed E-state index contributed by atoms with van der Waals surface area (Å²) in [7, 11) is -5.16. The first-order valence-electron chi connectivity index (χ1n) is 11.0. The van der Waals surface area contributed by atoms with Crippen LogP contribution < -0.4 is 10.5 Å². The number of esters is 1. The molecular formula is C22H39N3O5S2. The summed E-state index contributed by atoms with van der Waals surface area (Å²) < 4.78 is 48.3. The van der Waals surface area contributed by atoms with E-state index >= 15 is 0 Å². The van der Waals surface area contributed by atoms with E-state index < -0.39 is 39.1 Å². The third kappa shape index (κ3) is 8.13. The largest absolute Gasteiger partial charge is 0.465 e. The smallest absolute Gasteiger partial charge is 0.324 e. The minimum Gasteiger partial charge on any atom is -0.465 e. The van der Waals surface area contributed by atoms with Crippen LogP contribution in [0.3, 0.4) is 0 Å². The number of hydrogen-bond donors (Lipinski definition) is 2.